The zero-order valence-corrected chi connectivity index (χ0v) is 6.57. The third-order valence-electron chi connectivity index (χ3n) is 1.95. The van der Waals surface area contributed by atoms with Crippen molar-refractivity contribution >= 4 is 6.03 Å². The molecule has 0 aliphatic carbocycles. The summed E-state index contributed by atoms with van der Waals surface area (Å²) in [5.41, 5.74) is 0. The van der Waals surface area contributed by atoms with Crippen molar-refractivity contribution in [3.05, 3.63) is 5.21 Å². The maximum Gasteiger partial charge on any atom is 0.427 e. The first-order valence-corrected chi connectivity index (χ1v) is 3.46. The second kappa shape index (κ2) is 3.18. The van der Waals surface area contributed by atoms with Crippen molar-refractivity contribution in [2.45, 2.75) is 12.5 Å². The van der Waals surface area contributed by atoms with Gasteiger partial charge >= 0.3 is 6.03 Å². The van der Waals surface area contributed by atoms with Crippen molar-refractivity contribution in [2.75, 3.05) is 13.5 Å². The molecule has 1 aliphatic rings. The summed E-state index contributed by atoms with van der Waals surface area (Å²) >= 11 is 0. The molecule has 0 radical (unpaired) electrons. The van der Waals surface area contributed by atoms with Crippen LogP contribution < -0.4 is 0 Å². The van der Waals surface area contributed by atoms with Crippen molar-refractivity contribution < 1.29 is 29.9 Å². The number of aliphatic hydroxyl groups excluding tert-OH is 4. The lowest BCUT2D eigenvalue weighted by Gasteiger charge is -2.34. The molecule has 1 rings (SSSR count). The molecule has 8 heteroatoms. The van der Waals surface area contributed by atoms with Crippen LogP contribution in [-0.2, 0) is 0 Å². The highest BCUT2D eigenvalue weighted by molar-refractivity contribution is 5.69. The smallest absolute Gasteiger partial charge is 0.427 e. The Morgan fingerprint density at radius 3 is 2.23 bits per heavy atom. The molecule has 1 saturated heterocycles. The number of carbonyl (C=O) groups excluding carboxylic acids is 1. The topological polar surface area (TPSA) is 124 Å². The lowest BCUT2D eigenvalue weighted by molar-refractivity contribution is -0.864. The summed E-state index contributed by atoms with van der Waals surface area (Å²) in [6.07, 6.45) is -3.79. The fourth-order valence-electron chi connectivity index (χ4n) is 1.11. The number of hydroxylamine groups is 3. The van der Waals surface area contributed by atoms with Crippen molar-refractivity contribution in [2.24, 2.45) is 0 Å². The van der Waals surface area contributed by atoms with Gasteiger partial charge in [0.15, 0.2) is 6.73 Å². The van der Waals surface area contributed by atoms with Crippen molar-refractivity contribution in [1.29, 1.82) is 0 Å². The van der Waals surface area contributed by atoms with E-state index in [1.54, 1.807) is 0 Å². The minimum absolute atomic E-state index is 0.369. The third-order valence-corrected chi connectivity index (χ3v) is 1.95. The number of amides is 2. The van der Waals surface area contributed by atoms with Gasteiger partial charge in [-0.3, -0.25) is 0 Å². The first kappa shape index (κ1) is 10.3. The first-order valence-electron chi connectivity index (χ1n) is 3.46. The summed E-state index contributed by atoms with van der Waals surface area (Å²) in [5.74, 6) is 0. The molecule has 1 fully saturated rings. The minimum Gasteiger partial charge on any atom is -0.620 e. The Morgan fingerprint density at radius 2 is 2.00 bits per heavy atom. The number of carbonyl (C=O) groups is 1. The molecule has 1 aliphatic heterocycles. The highest BCUT2D eigenvalue weighted by atomic mass is 16.6. The van der Waals surface area contributed by atoms with E-state index in [1.807, 2.05) is 0 Å². The molecule has 13 heavy (non-hydrogen) atoms. The second-order valence-electron chi connectivity index (χ2n) is 2.66. The number of rotatable bonds is 2. The average Bonchev–Trinajstić information content (AvgIpc) is 2.29. The van der Waals surface area contributed by atoms with Gasteiger partial charge in [0.2, 0.25) is 12.5 Å². The van der Waals surface area contributed by atoms with Gasteiger partial charge < -0.3 is 25.6 Å². The van der Waals surface area contributed by atoms with Gasteiger partial charge in [0.25, 0.3) is 0 Å². The van der Waals surface area contributed by atoms with E-state index in [0.717, 1.165) is 0 Å². The molecule has 3 atom stereocenters. The molecule has 76 valence electrons. The zero-order chi connectivity index (χ0) is 10.2. The van der Waals surface area contributed by atoms with Crippen LogP contribution in [-0.4, -0.2) is 61.9 Å². The van der Waals surface area contributed by atoms with Gasteiger partial charge in [0.05, 0.1) is 0 Å². The van der Waals surface area contributed by atoms with E-state index in [-0.39, 0.29) is 0 Å². The summed E-state index contributed by atoms with van der Waals surface area (Å²) < 4.78 is -1.98. The van der Waals surface area contributed by atoms with Gasteiger partial charge in [0, 0.05) is 0 Å². The SMILES string of the molecule is O=C1N(CO)C(O)C(O)[N+]1([O-])CO. The van der Waals surface area contributed by atoms with E-state index in [0.29, 0.717) is 4.90 Å². The van der Waals surface area contributed by atoms with Gasteiger partial charge in [-0.1, -0.05) is 0 Å². The van der Waals surface area contributed by atoms with Crippen LogP contribution in [0.1, 0.15) is 0 Å². The van der Waals surface area contributed by atoms with Crippen LogP contribution in [0.2, 0.25) is 0 Å². The molecule has 4 N–H and O–H groups in total. The van der Waals surface area contributed by atoms with Gasteiger partial charge in [0.1, 0.15) is 6.73 Å². The number of aliphatic hydroxyl groups is 4. The molecule has 2 amide bonds. The highest BCUT2D eigenvalue weighted by Gasteiger charge is 2.54. The van der Waals surface area contributed by atoms with Crippen LogP contribution in [0.4, 0.5) is 4.79 Å². The molecule has 0 spiro atoms. The molecule has 0 saturated carbocycles. The molecular formula is C5H10N2O6. The summed E-state index contributed by atoms with van der Waals surface area (Å²) in [6, 6.07) is -1.27. The van der Waals surface area contributed by atoms with Gasteiger partial charge in [-0.05, 0) is 0 Å². The molecular weight excluding hydrogens is 184 g/mol. The number of urea groups is 1. The van der Waals surface area contributed by atoms with E-state index < -0.39 is 36.6 Å². The zero-order valence-electron chi connectivity index (χ0n) is 6.57. The predicted octanol–water partition coefficient (Wildman–Crippen LogP) is -2.73. The van der Waals surface area contributed by atoms with E-state index in [1.165, 1.54) is 0 Å². The summed E-state index contributed by atoms with van der Waals surface area (Å²) in [4.78, 5) is 11.4. The molecule has 0 bridgehead atoms. The summed E-state index contributed by atoms with van der Waals surface area (Å²) in [6.45, 7) is -2.08. The standard InChI is InChI=1S/C5H10N2O6/c8-1-6-3(10)4(11)7(13,2-9)5(6)12/h3-4,8-11H,1-2H2. The van der Waals surface area contributed by atoms with Crippen LogP contribution in [0.3, 0.4) is 0 Å². The summed E-state index contributed by atoms with van der Waals surface area (Å²) in [5, 5.41) is 46.5. The van der Waals surface area contributed by atoms with Crippen molar-refractivity contribution in [1.82, 2.24) is 4.90 Å². The van der Waals surface area contributed by atoms with Crippen LogP contribution in [0, 0.1) is 5.21 Å². The maximum atomic E-state index is 11.3. The summed E-state index contributed by atoms with van der Waals surface area (Å²) in [7, 11) is 0. The maximum absolute atomic E-state index is 11.3. The minimum atomic E-state index is -2.00. The van der Waals surface area contributed by atoms with Gasteiger partial charge in [-0.15, -0.1) is 0 Å². The Hall–Kier alpha value is -0.770. The molecule has 3 unspecified atom stereocenters. The Kier molecular flexibility index (Phi) is 2.52. The van der Waals surface area contributed by atoms with Gasteiger partial charge in [-0.2, -0.15) is 0 Å². The Morgan fingerprint density at radius 1 is 1.46 bits per heavy atom. The molecule has 0 aromatic carbocycles. The van der Waals surface area contributed by atoms with Gasteiger partial charge in [-0.25, -0.2) is 14.3 Å². The Balaban J connectivity index is 2.98. The lowest BCUT2D eigenvalue weighted by atomic mass is 10.5. The quantitative estimate of drug-likeness (QED) is 0.279. The van der Waals surface area contributed by atoms with Crippen LogP contribution in [0.25, 0.3) is 0 Å². The molecule has 0 aromatic rings. The monoisotopic (exact) mass is 194 g/mol. The third kappa shape index (κ3) is 1.20. The second-order valence-corrected chi connectivity index (χ2v) is 2.66. The number of hydrogen-bond donors (Lipinski definition) is 4. The lowest BCUT2D eigenvalue weighted by Crippen LogP contribution is -2.52. The average molecular weight is 194 g/mol. The highest BCUT2D eigenvalue weighted by Crippen LogP contribution is 2.26. The van der Waals surface area contributed by atoms with Crippen molar-refractivity contribution in [3.8, 4) is 0 Å². The first-order chi connectivity index (χ1) is 5.99. The Bertz CT molecular complexity index is 223. The fraction of sp³-hybridized carbons (Fsp3) is 0.800. The molecule has 1 heterocycles. The van der Waals surface area contributed by atoms with Crippen molar-refractivity contribution in [3.63, 3.8) is 0 Å². The number of quaternary nitrogens is 1. The van der Waals surface area contributed by atoms with E-state index in [9.17, 15) is 10.0 Å². The van der Waals surface area contributed by atoms with Crippen LogP contribution >= 0.6 is 0 Å². The fourth-order valence-corrected chi connectivity index (χ4v) is 1.11. The van der Waals surface area contributed by atoms with Crippen LogP contribution in [0.5, 0.6) is 0 Å². The van der Waals surface area contributed by atoms with E-state index in [4.69, 9.17) is 20.4 Å². The largest absolute Gasteiger partial charge is 0.620 e. The van der Waals surface area contributed by atoms with E-state index in [2.05, 4.69) is 0 Å². The Labute approximate surface area is 73.0 Å². The number of hydrogen-bond acceptors (Lipinski definition) is 6. The van der Waals surface area contributed by atoms with E-state index >= 15 is 0 Å². The predicted molar refractivity (Wildman–Crippen MR) is 37.0 cm³/mol. The molecule has 0 aromatic heterocycles. The normalized spacial score (nSPS) is 40.1. The number of nitrogens with zero attached hydrogens (tertiary/aromatic N) is 2. The molecule has 8 nitrogen and oxygen atoms in total. The van der Waals surface area contributed by atoms with Crippen LogP contribution in [0.15, 0.2) is 0 Å².